The molecule has 2 aromatic heterocycles. The van der Waals surface area contributed by atoms with Gasteiger partial charge in [-0.05, 0) is 37.1 Å². The number of aryl methyl sites for hydroxylation is 1. The van der Waals surface area contributed by atoms with Crippen molar-refractivity contribution in [1.82, 2.24) is 9.38 Å². The number of hydrogen-bond acceptors (Lipinski definition) is 4. The minimum absolute atomic E-state index is 0.123. The molecule has 3 rings (SSSR count). The highest BCUT2D eigenvalue weighted by molar-refractivity contribution is 5.93. The molecular formula is C18H18N4O2. The van der Waals surface area contributed by atoms with Crippen molar-refractivity contribution < 1.29 is 9.90 Å². The first kappa shape index (κ1) is 15.9. The van der Waals surface area contributed by atoms with Gasteiger partial charge in [0.2, 0.25) is 0 Å². The summed E-state index contributed by atoms with van der Waals surface area (Å²) in [6.07, 6.45) is 0. The second-order valence-electron chi connectivity index (χ2n) is 5.86. The molecule has 0 fully saturated rings. The van der Waals surface area contributed by atoms with Crippen molar-refractivity contribution in [3.8, 4) is 0 Å². The average Bonchev–Trinajstić information content (AvgIpc) is 2.93. The van der Waals surface area contributed by atoms with Crippen LogP contribution < -0.4 is 0 Å². The van der Waals surface area contributed by atoms with Gasteiger partial charge in [-0.25, -0.2) is 9.78 Å². The Morgan fingerprint density at radius 2 is 1.88 bits per heavy atom. The first-order chi connectivity index (χ1) is 11.5. The van der Waals surface area contributed by atoms with E-state index in [1.807, 2.05) is 43.4 Å². The maximum atomic E-state index is 11.3. The Morgan fingerprint density at radius 3 is 2.58 bits per heavy atom. The first-order valence-corrected chi connectivity index (χ1v) is 7.71. The number of imidazole rings is 1. The maximum Gasteiger partial charge on any atom is 0.337 e. The molecule has 3 aromatic rings. The first-order valence-electron chi connectivity index (χ1n) is 7.71. The lowest BCUT2D eigenvalue weighted by Crippen LogP contribution is -1.95. The fourth-order valence-electron chi connectivity index (χ4n) is 2.58. The number of carboxylic acid groups (broad SMARTS) is 1. The van der Waals surface area contributed by atoms with Crippen LogP contribution in [0.4, 0.5) is 11.5 Å². The smallest absolute Gasteiger partial charge is 0.337 e. The van der Waals surface area contributed by atoms with Crippen LogP contribution in [0.25, 0.3) is 5.65 Å². The Morgan fingerprint density at radius 1 is 1.12 bits per heavy atom. The van der Waals surface area contributed by atoms with Gasteiger partial charge in [0, 0.05) is 5.69 Å². The molecule has 0 aliphatic carbocycles. The molecular weight excluding hydrogens is 304 g/mol. The summed E-state index contributed by atoms with van der Waals surface area (Å²) in [5.41, 5.74) is 3.08. The van der Waals surface area contributed by atoms with E-state index in [4.69, 9.17) is 0 Å². The van der Waals surface area contributed by atoms with Crippen LogP contribution in [0.2, 0.25) is 0 Å². The molecule has 0 spiro atoms. The summed E-state index contributed by atoms with van der Waals surface area (Å²) >= 11 is 0. The lowest BCUT2D eigenvalue weighted by atomic mass is 10.1. The normalized spacial score (nSPS) is 11.7. The average molecular weight is 322 g/mol. The van der Waals surface area contributed by atoms with Crippen LogP contribution in [0.15, 0.2) is 52.7 Å². The lowest BCUT2D eigenvalue weighted by molar-refractivity contribution is 0.0697. The van der Waals surface area contributed by atoms with Gasteiger partial charge in [-0.2, -0.15) is 0 Å². The van der Waals surface area contributed by atoms with Crippen LogP contribution in [0, 0.1) is 6.92 Å². The van der Waals surface area contributed by atoms with Crippen LogP contribution in [-0.4, -0.2) is 20.5 Å². The minimum Gasteiger partial charge on any atom is -0.478 e. The summed E-state index contributed by atoms with van der Waals surface area (Å²) in [5.74, 6) is -0.214. The molecule has 0 atom stereocenters. The number of pyridine rings is 1. The van der Waals surface area contributed by atoms with Crippen molar-refractivity contribution in [3.63, 3.8) is 0 Å². The van der Waals surface area contributed by atoms with E-state index in [1.54, 1.807) is 18.2 Å². The monoisotopic (exact) mass is 322 g/mol. The number of carboxylic acids is 1. The molecule has 122 valence electrons. The Bertz CT molecular complexity index is 941. The van der Waals surface area contributed by atoms with E-state index in [9.17, 15) is 9.90 Å². The van der Waals surface area contributed by atoms with Gasteiger partial charge in [-0.1, -0.05) is 32.0 Å². The van der Waals surface area contributed by atoms with Crippen molar-refractivity contribution in [2.24, 2.45) is 10.2 Å². The predicted molar refractivity (Wildman–Crippen MR) is 91.6 cm³/mol. The van der Waals surface area contributed by atoms with Gasteiger partial charge in [0.05, 0.1) is 11.3 Å². The van der Waals surface area contributed by atoms with Gasteiger partial charge in [0.1, 0.15) is 11.3 Å². The van der Waals surface area contributed by atoms with E-state index < -0.39 is 5.97 Å². The van der Waals surface area contributed by atoms with Gasteiger partial charge in [-0.15, -0.1) is 10.2 Å². The molecule has 0 bridgehead atoms. The SMILES string of the molecule is Cc1cccc2nc(C(C)C)c(N=Nc3ccccc3C(=O)O)n12. The third-order valence-corrected chi connectivity index (χ3v) is 3.77. The van der Waals surface area contributed by atoms with E-state index >= 15 is 0 Å². The minimum atomic E-state index is -1.03. The third kappa shape index (κ3) is 2.78. The van der Waals surface area contributed by atoms with Crippen molar-refractivity contribution in [1.29, 1.82) is 0 Å². The molecule has 24 heavy (non-hydrogen) atoms. The van der Waals surface area contributed by atoms with Crippen LogP contribution in [-0.2, 0) is 0 Å². The second-order valence-corrected chi connectivity index (χ2v) is 5.86. The number of rotatable bonds is 4. The van der Waals surface area contributed by atoms with Crippen molar-refractivity contribution >= 4 is 23.1 Å². The molecule has 6 nitrogen and oxygen atoms in total. The number of fused-ring (bicyclic) bond motifs is 1. The van der Waals surface area contributed by atoms with Crippen molar-refractivity contribution in [3.05, 3.63) is 59.4 Å². The fraction of sp³-hybridized carbons (Fsp3) is 0.222. The van der Waals surface area contributed by atoms with Gasteiger partial charge in [-0.3, -0.25) is 4.40 Å². The molecule has 0 aliphatic rings. The van der Waals surface area contributed by atoms with Crippen LogP contribution in [0.3, 0.4) is 0 Å². The fourth-order valence-corrected chi connectivity index (χ4v) is 2.58. The summed E-state index contributed by atoms with van der Waals surface area (Å²) in [6.45, 7) is 6.06. The molecule has 0 unspecified atom stereocenters. The zero-order chi connectivity index (χ0) is 17.3. The Kier molecular flexibility index (Phi) is 4.12. The second kappa shape index (κ2) is 6.23. The Balaban J connectivity index is 2.17. The standard InChI is InChI=1S/C18H18N4O2/c1-11(2)16-17(22-12(3)7-6-10-15(22)19-16)21-20-14-9-5-4-8-13(14)18(23)24/h4-11H,1-3H3,(H,23,24). The Labute approximate surface area is 139 Å². The topological polar surface area (TPSA) is 79.3 Å². The number of aromatic nitrogens is 2. The van der Waals surface area contributed by atoms with Gasteiger partial charge in [0.25, 0.3) is 0 Å². The predicted octanol–water partition coefficient (Wildman–Crippen LogP) is 4.88. The maximum absolute atomic E-state index is 11.3. The molecule has 0 saturated heterocycles. The van der Waals surface area contributed by atoms with E-state index in [1.165, 1.54) is 6.07 Å². The van der Waals surface area contributed by atoms with Crippen LogP contribution in [0.1, 0.15) is 41.5 Å². The van der Waals surface area contributed by atoms with Gasteiger partial charge in [0.15, 0.2) is 5.82 Å². The van der Waals surface area contributed by atoms with E-state index in [2.05, 4.69) is 15.2 Å². The molecule has 2 heterocycles. The lowest BCUT2D eigenvalue weighted by Gasteiger charge is -2.04. The molecule has 0 amide bonds. The van der Waals surface area contributed by atoms with Gasteiger partial charge >= 0.3 is 5.97 Å². The number of hydrogen-bond donors (Lipinski definition) is 1. The highest BCUT2D eigenvalue weighted by Crippen LogP contribution is 2.31. The summed E-state index contributed by atoms with van der Waals surface area (Å²) in [6, 6.07) is 12.4. The summed E-state index contributed by atoms with van der Waals surface area (Å²) < 4.78 is 1.93. The van der Waals surface area contributed by atoms with Crippen LogP contribution >= 0.6 is 0 Å². The number of aromatic carboxylic acids is 1. The summed E-state index contributed by atoms with van der Waals surface area (Å²) in [7, 11) is 0. The third-order valence-electron chi connectivity index (χ3n) is 3.77. The van der Waals surface area contributed by atoms with E-state index in [0.29, 0.717) is 11.5 Å². The zero-order valence-electron chi connectivity index (χ0n) is 13.8. The summed E-state index contributed by atoms with van der Waals surface area (Å²) in [5, 5.41) is 17.8. The zero-order valence-corrected chi connectivity index (χ0v) is 13.8. The van der Waals surface area contributed by atoms with Crippen molar-refractivity contribution in [2.75, 3.05) is 0 Å². The quantitative estimate of drug-likeness (QED) is 0.695. The molecule has 1 aromatic carbocycles. The van der Waals surface area contributed by atoms with E-state index in [-0.39, 0.29) is 11.5 Å². The molecule has 0 saturated carbocycles. The molecule has 6 heteroatoms. The van der Waals surface area contributed by atoms with Gasteiger partial charge < -0.3 is 5.11 Å². The number of nitrogens with zero attached hydrogens (tertiary/aromatic N) is 4. The van der Waals surface area contributed by atoms with Crippen LogP contribution in [0.5, 0.6) is 0 Å². The molecule has 0 radical (unpaired) electrons. The largest absolute Gasteiger partial charge is 0.478 e. The van der Waals surface area contributed by atoms with Crippen molar-refractivity contribution in [2.45, 2.75) is 26.7 Å². The highest BCUT2D eigenvalue weighted by Gasteiger charge is 2.16. The van der Waals surface area contributed by atoms with E-state index in [0.717, 1.165) is 17.0 Å². The summed E-state index contributed by atoms with van der Waals surface area (Å²) in [4.78, 5) is 15.9. The number of benzene rings is 1. The molecule has 0 aliphatic heterocycles. The number of carbonyl (C=O) groups is 1. The highest BCUT2D eigenvalue weighted by atomic mass is 16.4. The Hall–Kier alpha value is -3.02. The molecule has 1 N–H and O–H groups in total. The number of azo groups is 1.